The summed E-state index contributed by atoms with van der Waals surface area (Å²) in [6, 6.07) is 9.21. The zero-order chi connectivity index (χ0) is 10.9. The number of sulfone groups is 1. The molecule has 0 amide bonds. The number of hydrogen-bond donors (Lipinski definition) is 0. The van der Waals surface area contributed by atoms with Gasteiger partial charge in [-0.2, -0.15) is 0 Å². The standard InChI is InChI=1S/C10H9NO3S/c1-15(12,13)10-11-7-9(14-10)8-5-3-2-4-6-8/h2-7H,1H3. The minimum atomic E-state index is -3.37. The summed E-state index contributed by atoms with van der Waals surface area (Å²) in [6.45, 7) is 0. The average Bonchev–Trinajstić information content (AvgIpc) is 2.67. The molecule has 0 aliphatic rings. The van der Waals surface area contributed by atoms with E-state index >= 15 is 0 Å². The van der Waals surface area contributed by atoms with E-state index < -0.39 is 9.84 Å². The van der Waals surface area contributed by atoms with Gasteiger partial charge in [0.05, 0.1) is 6.20 Å². The van der Waals surface area contributed by atoms with E-state index in [0.717, 1.165) is 11.8 Å². The minimum Gasteiger partial charge on any atom is -0.428 e. The van der Waals surface area contributed by atoms with Crippen molar-refractivity contribution in [2.75, 3.05) is 6.26 Å². The Bertz CT molecular complexity index is 557. The van der Waals surface area contributed by atoms with Gasteiger partial charge in [-0.15, -0.1) is 0 Å². The van der Waals surface area contributed by atoms with Crippen molar-refractivity contribution in [1.29, 1.82) is 0 Å². The lowest BCUT2D eigenvalue weighted by Crippen LogP contribution is -1.95. The van der Waals surface area contributed by atoms with Crippen LogP contribution in [-0.4, -0.2) is 19.7 Å². The van der Waals surface area contributed by atoms with Gasteiger partial charge in [-0.05, 0) is 0 Å². The average molecular weight is 223 g/mol. The largest absolute Gasteiger partial charge is 0.428 e. The summed E-state index contributed by atoms with van der Waals surface area (Å²) in [5.41, 5.74) is 0.805. The summed E-state index contributed by atoms with van der Waals surface area (Å²) in [6.07, 6.45) is 2.47. The third-order valence-corrected chi connectivity index (χ3v) is 2.68. The van der Waals surface area contributed by atoms with Gasteiger partial charge < -0.3 is 4.42 Å². The van der Waals surface area contributed by atoms with Crippen LogP contribution in [0.4, 0.5) is 0 Å². The Labute approximate surface area is 87.5 Å². The van der Waals surface area contributed by atoms with Crippen molar-refractivity contribution < 1.29 is 12.8 Å². The van der Waals surface area contributed by atoms with Gasteiger partial charge in [-0.3, -0.25) is 0 Å². The Morgan fingerprint density at radius 1 is 1.20 bits per heavy atom. The molecule has 5 heteroatoms. The van der Waals surface area contributed by atoms with E-state index in [2.05, 4.69) is 4.98 Å². The Kier molecular flexibility index (Phi) is 2.32. The first-order valence-corrected chi connectivity index (χ1v) is 6.18. The predicted molar refractivity (Wildman–Crippen MR) is 55.0 cm³/mol. The lowest BCUT2D eigenvalue weighted by molar-refractivity contribution is 0.442. The van der Waals surface area contributed by atoms with Crippen LogP contribution in [0.2, 0.25) is 0 Å². The predicted octanol–water partition coefficient (Wildman–Crippen LogP) is 1.75. The second-order valence-electron chi connectivity index (χ2n) is 3.13. The molecule has 0 aliphatic heterocycles. The topological polar surface area (TPSA) is 60.2 Å². The van der Waals surface area contributed by atoms with Crippen molar-refractivity contribution in [3.63, 3.8) is 0 Å². The number of hydrogen-bond acceptors (Lipinski definition) is 4. The first-order chi connectivity index (χ1) is 7.07. The van der Waals surface area contributed by atoms with Crippen molar-refractivity contribution in [3.05, 3.63) is 36.5 Å². The van der Waals surface area contributed by atoms with Crippen LogP contribution in [-0.2, 0) is 9.84 Å². The summed E-state index contributed by atoms with van der Waals surface area (Å²) in [7, 11) is -3.37. The summed E-state index contributed by atoms with van der Waals surface area (Å²) in [5.74, 6) is 0.455. The molecule has 0 atom stereocenters. The van der Waals surface area contributed by atoms with E-state index in [9.17, 15) is 8.42 Å². The molecule has 2 rings (SSSR count). The second-order valence-corrected chi connectivity index (χ2v) is 5.02. The maximum atomic E-state index is 11.1. The molecule has 0 aliphatic carbocycles. The SMILES string of the molecule is CS(=O)(=O)c1ncc(-c2ccccc2)o1. The van der Waals surface area contributed by atoms with E-state index in [0.29, 0.717) is 5.76 Å². The van der Waals surface area contributed by atoms with E-state index in [-0.39, 0.29) is 5.22 Å². The number of oxazole rings is 1. The highest BCUT2D eigenvalue weighted by atomic mass is 32.2. The van der Waals surface area contributed by atoms with Gasteiger partial charge >= 0.3 is 5.22 Å². The molecule has 0 bridgehead atoms. The minimum absolute atomic E-state index is 0.249. The van der Waals surface area contributed by atoms with Gasteiger partial charge in [0.25, 0.3) is 0 Å². The number of aromatic nitrogens is 1. The Hall–Kier alpha value is -1.62. The number of nitrogens with zero attached hydrogens (tertiary/aromatic N) is 1. The zero-order valence-corrected chi connectivity index (χ0v) is 8.86. The maximum absolute atomic E-state index is 11.1. The van der Waals surface area contributed by atoms with Gasteiger partial charge in [0.1, 0.15) is 0 Å². The van der Waals surface area contributed by atoms with Gasteiger partial charge in [0.15, 0.2) is 5.76 Å². The lowest BCUT2D eigenvalue weighted by Gasteiger charge is -1.93. The Morgan fingerprint density at radius 2 is 1.87 bits per heavy atom. The first-order valence-electron chi connectivity index (χ1n) is 4.29. The molecule has 2 aromatic rings. The third-order valence-electron chi connectivity index (χ3n) is 1.86. The maximum Gasteiger partial charge on any atom is 0.315 e. The van der Waals surface area contributed by atoms with Crippen LogP contribution >= 0.6 is 0 Å². The lowest BCUT2D eigenvalue weighted by atomic mass is 10.2. The van der Waals surface area contributed by atoms with E-state index in [1.807, 2.05) is 30.3 Å². The zero-order valence-electron chi connectivity index (χ0n) is 8.04. The highest BCUT2D eigenvalue weighted by molar-refractivity contribution is 7.90. The fraction of sp³-hybridized carbons (Fsp3) is 0.100. The molecular formula is C10H9NO3S. The molecule has 0 N–H and O–H groups in total. The molecule has 1 heterocycles. The van der Waals surface area contributed by atoms with Crippen LogP contribution in [0, 0.1) is 0 Å². The molecule has 0 unspecified atom stereocenters. The van der Waals surface area contributed by atoms with Crippen LogP contribution in [0.5, 0.6) is 0 Å². The van der Waals surface area contributed by atoms with Crippen LogP contribution in [0.3, 0.4) is 0 Å². The molecule has 0 saturated carbocycles. The van der Waals surface area contributed by atoms with Crippen LogP contribution < -0.4 is 0 Å². The van der Waals surface area contributed by atoms with E-state index in [4.69, 9.17) is 4.42 Å². The molecule has 0 fully saturated rings. The molecule has 0 radical (unpaired) electrons. The molecular weight excluding hydrogens is 214 g/mol. The van der Waals surface area contributed by atoms with Crippen LogP contribution in [0.1, 0.15) is 0 Å². The van der Waals surface area contributed by atoms with Crippen molar-refractivity contribution in [3.8, 4) is 11.3 Å². The summed E-state index contributed by atoms with van der Waals surface area (Å²) in [5, 5.41) is -0.249. The van der Waals surface area contributed by atoms with Crippen LogP contribution in [0.15, 0.2) is 46.2 Å². The molecule has 4 nitrogen and oxygen atoms in total. The van der Waals surface area contributed by atoms with Crippen molar-refractivity contribution in [2.45, 2.75) is 5.22 Å². The van der Waals surface area contributed by atoms with Gasteiger partial charge in [-0.1, -0.05) is 30.3 Å². The number of benzene rings is 1. The monoisotopic (exact) mass is 223 g/mol. The molecule has 78 valence electrons. The fourth-order valence-electron chi connectivity index (χ4n) is 1.17. The fourth-order valence-corrected chi connectivity index (χ4v) is 1.65. The summed E-state index contributed by atoms with van der Waals surface area (Å²) >= 11 is 0. The van der Waals surface area contributed by atoms with Crippen LogP contribution in [0.25, 0.3) is 11.3 Å². The molecule has 1 aromatic carbocycles. The third kappa shape index (κ3) is 2.07. The molecule has 0 spiro atoms. The van der Waals surface area contributed by atoms with E-state index in [1.54, 1.807) is 0 Å². The molecule has 1 aromatic heterocycles. The van der Waals surface area contributed by atoms with Crippen molar-refractivity contribution in [1.82, 2.24) is 4.98 Å². The van der Waals surface area contributed by atoms with Gasteiger partial charge in [0.2, 0.25) is 9.84 Å². The van der Waals surface area contributed by atoms with Crippen molar-refractivity contribution >= 4 is 9.84 Å². The summed E-state index contributed by atoms with van der Waals surface area (Å²) < 4.78 is 27.4. The first kappa shape index (κ1) is 9.92. The van der Waals surface area contributed by atoms with E-state index in [1.165, 1.54) is 6.20 Å². The van der Waals surface area contributed by atoms with Gasteiger partial charge in [0, 0.05) is 11.8 Å². The smallest absolute Gasteiger partial charge is 0.315 e. The Morgan fingerprint density at radius 3 is 2.40 bits per heavy atom. The molecule has 0 saturated heterocycles. The second kappa shape index (κ2) is 3.51. The quantitative estimate of drug-likeness (QED) is 0.778. The molecule has 15 heavy (non-hydrogen) atoms. The highest BCUT2D eigenvalue weighted by Crippen LogP contribution is 2.21. The number of rotatable bonds is 2. The Balaban J connectivity index is 2.46. The normalized spacial score (nSPS) is 11.5. The van der Waals surface area contributed by atoms with Gasteiger partial charge in [-0.25, -0.2) is 13.4 Å². The van der Waals surface area contributed by atoms with Crippen molar-refractivity contribution in [2.24, 2.45) is 0 Å². The highest BCUT2D eigenvalue weighted by Gasteiger charge is 2.15. The summed E-state index contributed by atoms with van der Waals surface area (Å²) in [4.78, 5) is 3.71.